The maximum Gasteiger partial charge on any atom is 0.433 e. The summed E-state index contributed by atoms with van der Waals surface area (Å²) in [4.78, 5) is 14.8. The summed E-state index contributed by atoms with van der Waals surface area (Å²) in [5.41, 5.74) is -1.93. The fourth-order valence-corrected chi connectivity index (χ4v) is 6.66. The first-order valence-corrected chi connectivity index (χ1v) is 17.8. The molecule has 2 atom stereocenters. The summed E-state index contributed by atoms with van der Waals surface area (Å²) in [5.74, 6) is 0.242. The first-order valence-electron chi connectivity index (χ1n) is 14.6. The van der Waals surface area contributed by atoms with Gasteiger partial charge in [0.25, 0.3) is 0 Å². The lowest BCUT2D eigenvalue weighted by atomic mass is 10.1. The van der Waals surface area contributed by atoms with Crippen molar-refractivity contribution in [3.8, 4) is 28.3 Å². The van der Waals surface area contributed by atoms with Gasteiger partial charge in [0.05, 0.1) is 16.6 Å². The first kappa shape index (κ1) is 37.0. The topological polar surface area (TPSA) is 118 Å². The Bertz CT molecular complexity index is 2120. The van der Waals surface area contributed by atoms with Crippen LogP contribution in [0.3, 0.4) is 0 Å². The number of alkyl halides is 6. The number of halogens is 7. The van der Waals surface area contributed by atoms with E-state index in [2.05, 4.69) is 19.9 Å². The minimum absolute atomic E-state index is 0.0142. The summed E-state index contributed by atoms with van der Waals surface area (Å²) in [7, 11) is -4.56. The van der Waals surface area contributed by atoms with Crippen LogP contribution < -0.4 is 4.74 Å². The van der Waals surface area contributed by atoms with Gasteiger partial charge in [-0.25, -0.2) is 18.4 Å². The fourth-order valence-electron chi connectivity index (χ4n) is 4.60. The standard InChI is InChI=1S/C33H25ClF6N4O4S2/c1-3-49(45)30-41-27(17-28(43-30)32(35,36)37)23-8-5-9-25(15-23)48-18-20-6-4-7-22(14-20)19(2)50(46,47)31-42-26(16-29(44-31)33(38,39)40)21-10-12-24(34)13-11-21/h4-17,19H,3,18H2,1-2H3. The smallest absolute Gasteiger partial charge is 0.433 e. The number of hydrogen-bond donors (Lipinski definition) is 0. The Balaban J connectivity index is 1.40. The summed E-state index contributed by atoms with van der Waals surface area (Å²) < 4.78 is 127. The van der Waals surface area contributed by atoms with E-state index in [0.29, 0.717) is 16.7 Å². The third kappa shape index (κ3) is 8.54. The third-order valence-electron chi connectivity index (χ3n) is 7.27. The van der Waals surface area contributed by atoms with Crippen LogP contribution in [-0.4, -0.2) is 38.7 Å². The summed E-state index contributed by atoms with van der Waals surface area (Å²) in [6.07, 6.45) is -9.77. The monoisotopic (exact) mass is 754 g/mol. The van der Waals surface area contributed by atoms with E-state index in [1.807, 2.05) is 0 Å². The predicted molar refractivity (Wildman–Crippen MR) is 173 cm³/mol. The zero-order valence-corrected chi connectivity index (χ0v) is 28.3. The van der Waals surface area contributed by atoms with Gasteiger partial charge in [0.15, 0.2) is 5.69 Å². The quantitative estimate of drug-likeness (QED) is 0.0791. The summed E-state index contributed by atoms with van der Waals surface area (Å²) in [5, 5.41) is -2.52. The molecule has 50 heavy (non-hydrogen) atoms. The van der Waals surface area contributed by atoms with E-state index in [-0.39, 0.29) is 46.2 Å². The highest BCUT2D eigenvalue weighted by Crippen LogP contribution is 2.35. The van der Waals surface area contributed by atoms with E-state index < -0.39 is 60.3 Å². The second kappa shape index (κ2) is 14.5. The zero-order valence-electron chi connectivity index (χ0n) is 26.0. The minimum Gasteiger partial charge on any atom is -0.609 e. The van der Waals surface area contributed by atoms with E-state index >= 15 is 0 Å². The van der Waals surface area contributed by atoms with E-state index in [4.69, 9.17) is 16.3 Å². The second-order valence-electron chi connectivity index (χ2n) is 10.7. The minimum atomic E-state index is -4.96. The number of hydrogen-bond acceptors (Lipinski definition) is 8. The summed E-state index contributed by atoms with van der Waals surface area (Å²) in [6, 6.07) is 19.2. The van der Waals surface area contributed by atoms with Crippen molar-refractivity contribution in [3.63, 3.8) is 0 Å². The molecule has 17 heteroatoms. The van der Waals surface area contributed by atoms with E-state index in [1.165, 1.54) is 74.5 Å². The van der Waals surface area contributed by atoms with Gasteiger partial charge in [0.1, 0.15) is 23.8 Å². The lowest BCUT2D eigenvalue weighted by Gasteiger charge is -2.16. The number of sulfone groups is 1. The van der Waals surface area contributed by atoms with E-state index in [9.17, 15) is 39.3 Å². The Kier molecular flexibility index (Phi) is 10.8. The van der Waals surface area contributed by atoms with Gasteiger partial charge in [-0.1, -0.05) is 60.1 Å². The number of benzene rings is 3. The molecular formula is C33H25ClF6N4O4S2. The Hall–Kier alpha value is -4.25. The zero-order chi connectivity index (χ0) is 36.4. The molecule has 5 rings (SSSR count). The van der Waals surface area contributed by atoms with Crippen molar-refractivity contribution in [2.75, 3.05) is 5.75 Å². The maximum atomic E-state index is 13.8. The van der Waals surface area contributed by atoms with E-state index in [1.54, 1.807) is 12.1 Å². The van der Waals surface area contributed by atoms with Crippen molar-refractivity contribution in [1.82, 2.24) is 19.9 Å². The molecule has 0 spiro atoms. The number of aromatic nitrogens is 4. The van der Waals surface area contributed by atoms with Crippen LogP contribution in [0.5, 0.6) is 5.75 Å². The summed E-state index contributed by atoms with van der Waals surface area (Å²) >= 11 is 4.04. The van der Waals surface area contributed by atoms with Gasteiger partial charge < -0.3 is 9.29 Å². The summed E-state index contributed by atoms with van der Waals surface area (Å²) in [6.45, 7) is 2.70. The molecule has 0 radical (unpaired) electrons. The lowest BCUT2D eigenvalue weighted by Crippen LogP contribution is -2.18. The molecule has 0 aliphatic carbocycles. The molecule has 5 aromatic rings. The number of ether oxygens (including phenoxy) is 1. The molecular weight excluding hydrogens is 730 g/mol. The van der Waals surface area contributed by atoms with Crippen molar-refractivity contribution in [1.29, 1.82) is 0 Å². The molecule has 0 saturated carbocycles. The predicted octanol–water partition coefficient (Wildman–Crippen LogP) is 8.53. The normalized spacial score (nSPS) is 13.6. The molecule has 0 aliphatic heterocycles. The van der Waals surface area contributed by atoms with Crippen LogP contribution in [0.4, 0.5) is 26.3 Å². The van der Waals surface area contributed by atoms with Crippen LogP contribution in [0.2, 0.25) is 5.02 Å². The number of rotatable bonds is 10. The van der Waals surface area contributed by atoms with Gasteiger partial charge in [-0.2, -0.15) is 36.3 Å². The molecule has 0 fully saturated rings. The maximum absolute atomic E-state index is 13.8. The van der Waals surface area contributed by atoms with Crippen molar-refractivity contribution in [2.24, 2.45) is 0 Å². The SMILES string of the molecule is CC[S+]([O-])c1nc(-c2cccc(OCc3cccc(C(C)S(=O)(=O)c4nc(-c5ccc(Cl)cc5)cc(C(F)(F)F)n4)c3)c2)cc(C(F)(F)F)n1. The second-order valence-corrected chi connectivity index (χ2v) is 15.0. The molecule has 3 aromatic carbocycles. The van der Waals surface area contributed by atoms with Gasteiger partial charge in [0.2, 0.25) is 15.0 Å². The molecule has 2 heterocycles. The van der Waals surface area contributed by atoms with Gasteiger partial charge in [0, 0.05) is 27.3 Å². The van der Waals surface area contributed by atoms with Crippen LogP contribution in [0, 0.1) is 0 Å². The molecule has 0 amide bonds. The first-order chi connectivity index (χ1) is 23.4. The molecule has 0 aliphatic rings. The van der Waals surface area contributed by atoms with Crippen LogP contribution in [-0.2, 0) is 40.0 Å². The average molecular weight is 755 g/mol. The Morgan fingerprint density at radius 1 is 0.800 bits per heavy atom. The molecule has 2 aromatic heterocycles. The average Bonchev–Trinajstić information content (AvgIpc) is 3.09. The van der Waals surface area contributed by atoms with Crippen LogP contribution in [0.15, 0.2) is 95.2 Å². The fraction of sp³-hybridized carbons (Fsp3) is 0.212. The van der Waals surface area contributed by atoms with Crippen LogP contribution >= 0.6 is 11.6 Å². The highest BCUT2D eigenvalue weighted by atomic mass is 35.5. The van der Waals surface area contributed by atoms with Gasteiger partial charge >= 0.3 is 17.5 Å². The highest BCUT2D eigenvalue weighted by Gasteiger charge is 2.37. The largest absolute Gasteiger partial charge is 0.609 e. The molecule has 0 N–H and O–H groups in total. The van der Waals surface area contributed by atoms with Crippen molar-refractivity contribution >= 4 is 32.6 Å². The molecule has 262 valence electrons. The Morgan fingerprint density at radius 2 is 1.42 bits per heavy atom. The highest BCUT2D eigenvalue weighted by molar-refractivity contribution is 7.91. The van der Waals surface area contributed by atoms with Gasteiger partial charge in [-0.3, -0.25) is 0 Å². The Morgan fingerprint density at radius 3 is 2.06 bits per heavy atom. The lowest BCUT2D eigenvalue weighted by molar-refractivity contribution is -0.142. The molecule has 0 bridgehead atoms. The van der Waals surface area contributed by atoms with Crippen molar-refractivity contribution in [2.45, 2.75) is 48.4 Å². The third-order valence-corrected chi connectivity index (χ3v) is 10.5. The van der Waals surface area contributed by atoms with E-state index in [0.717, 1.165) is 6.07 Å². The van der Waals surface area contributed by atoms with Crippen LogP contribution in [0.1, 0.15) is 41.6 Å². The molecule has 8 nitrogen and oxygen atoms in total. The van der Waals surface area contributed by atoms with Crippen molar-refractivity contribution in [3.05, 3.63) is 112 Å². The van der Waals surface area contributed by atoms with Crippen molar-refractivity contribution < 1.29 is 44.0 Å². The Labute approximate surface area is 290 Å². The van der Waals surface area contributed by atoms with Gasteiger partial charge in [-0.05, 0) is 61.4 Å². The molecule has 0 saturated heterocycles. The van der Waals surface area contributed by atoms with Gasteiger partial charge in [-0.15, -0.1) is 0 Å². The van der Waals surface area contributed by atoms with Crippen LogP contribution in [0.25, 0.3) is 22.5 Å². The molecule has 2 unspecified atom stereocenters. The number of nitrogens with zero attached hydrogens (tertiary/aromatic N) is 4.